The highest BCUT2D eigenvalue weighted by Crippen LogP contribution is 2.50. The minimum Gasteiger partial charge on any atom is -0.465 e. The lowest BCUT2D eigenvalue weighted by Crippen LogP contribution is -2.71. The summed E-state index contributed by atoms with van der Waals surface area (Å²) in [6.07, 6.45) is 20.9. The van der Waals surface area contributed by atoms with E-state index in [0.717, 1.165) is 115 Å². The number of amides is 1. The van der Waals surface area contributed by atoms with Gasteiger partial charge in [0.05, 0.1) is 31.0 Å². The molecule has 0 saturated carbocycles. The summed E-state index contributed by atoms with van der Waals surface area (Å²) in [7, 11) is 0. The Morgan fingerprint density at radius 1 is 1.08 bits per heavy atom. The van der Waals surface area contributed by atoms with Crippen LogP contribution in [0, 0.1) is 5.92 Å². The Bertz CT molecular complexity index is 1190. The number of carbonyl (C=O) groups is 2. The van der Waals surface area contributed by atoms with Crippen molar-refractivity contribution in [2.75, 3.05) is 32.8 Å². The summed E-state index contributed by atoms with van der Waals surface area (Å²) in [4.78, 5) is 36.2. The third kappa shape index (κ3) is 10.2. The largest absolute Gasteiger partial charge is 0.465 e. The van der Waals surface area contributed by atoms with E-state index in [1.54, 1.807) is 4.90 Å². The minimum absolute atomic E-state index is 0.00616. The predicted molar refractivity (Wildman–Crippen MR) is 199 cm³/mol. The summed E-state index contributed by atoms with van der Waals surface area (Å²) in [6, 6.07) is 0.286. The quantitative estimate of drug-likeness (QED) is 0.0852. The number of aliphatic hydroxyl groups is 1. The van der Waals surface area contributed by atoms with E-state index in [9.17, 15) is 14.7 Å². The molecule has 0 bridgehead atoms. The number of guanidine groups is 1. The molecule has 0 aliphatic carbocycles. The highest BCUT2D eigenvalue weighted by Gasteiger charge is 2.62. The van der Waals surface area contributed by atoms with Crippen LogP contribution in [0.5, 0.6) is 0 Å². The smallest absolute Gasteiger partial charge is 0.316 e. The number of carbonyl (C=O) groups excluding carboxylic acids is 2. The van der Waals surface area contributed by atoms with E-state index in [1.807, 2.05) is 0 Å². The number of unbranched alkanes of at least 4 members (excludes halogenated alkanes) is 6. The Labute approximate surface area is 306 Å². The lowest BCUT2D eigenvalue weighted by Gasteiger charge is -2.55. The lowest BCUT2D eigenvalue weighted by atomic mass is 9.80. The van der Waals surface area contributed by atoms with Gasteiger partial charge in [0.25, 0.3) is 0 Å². The summed E-state index contributed by atoms with van der Waals surface area (Å²) in [5.41, 5.74) is 9.85. The van der Waals surface area contributed by atoms with E-state index in [0.29, 0.717) is 45.6 Å². The molecular weight excluding hydrogens is 648 g/mol. The summed E-state index contributed by atoms with van der Waals surface area (Å²) in [6.45, 7) is 6.51. The van der Waals surface area contributed by atoms with Gasteiger partial charge in [0, 0.05) is 32.0 Å². The molecule has 3 fully saturated rings. The molecule has 3 saturated heterocycles. The standard InChI is InChI=1S/C39H68N6O6/c1-3-32-16-10-11-21-38(51-32)27-30-18-19-33-35(39(22-13-15-29(2)50-39)43-37(42-38)45(30)33)36(48)49-26-12-8-6-4-5-7-9-17-34(47)44(25-14-23-40)28-31(46)20-24-41/h10,16,29-33,35,46H,3-9,11-15,17-28,40-41H2,1-2H3,(H,42,43)/t29-,30+,31+,32+,33-,35-,38+,39-/m1/s1. The Morgan fingerprint density at radius 2 is 1.86 bits per heavy atom. The van der Waals surface area contributed by atoms with Crippen LogP contribution in [-0.4, -0.2) is 107 Å². The van der Waals surface area contributed by atoms with Crippen LogP contribution in [-0.2, 0) is 23.8 Å². The molecule has 0 radical (unpaired) electrons. The van der Waals surface area contributed by atoms with Crippen molar-refractivity contribution in [1.29, 1.82) is 0 Å². The van der Waals surface area contributed by atoms with E-state index in [-0.39, 0.29) is 36.2 Å². The van der Waals surface area contributed by atoms with Gasteiger partial charge >= 0.3 is 5.97 Å². The van der Waals surface area contributed by atoms with E-state index < -0.39 is 23.5 Å². The fourth-order valence-corrected chi connectivity index (χ4v) is 9.10. The zero-order valence-electron chi connectivity index (χ0n) is 31.6. The van der Waals surface area contributed by atoms with E-state index in [4.69, 9.17) is 30.7 Å². The number of nitrogens with one attached hydrogen (secondary N) is 1. The number of esters is 1. The first-order valence-corrected chi connectivity index (χ1v) is 20.4. The molecule has 2 spiro atoms. The van der Waals surface area contributed by atoms with Crippen molar-refractivity contribution in [1.82, 2.24) is 15.1 Å². The summed E-state index contributed by atoms with van der Waals surface area (Å²) < 4.78 is 19.5. The fraction of sp³-hybridized carbons (Fsp3) is 0.872. The van der Waals surface area contributed by atoms with Crippen LogP contribution < -0.4 is 16.8 Å². The SMILES string of the molecule is CC[C@H]1C=CCC[C@@]2(C[C@@H]3CC[C@@H]4[C@H](C(=O)OCCCCCCCCCC(=O)N(CCCN)C[C@@H](O)CCN)[C@]5(CCC[C@@H](C)O5)N=C(N2)N34)O1. The Hall–Kier alpha value is -2.25. The number of hydrogen-bond acceptors (Lipinski definition) is 11. The Balaban J connectivity index is 1.07. The first-order chi connectivity index (χ1) is 24.7. The van der Waals surface area contributed by atoms with Gasteiger partial charge in [0.1, 0.15) is 11.6 Å². The lowest BCUT2D eigenvalue weighted by molar-refractivity contribution is -0.194. The van der Waals surface area contributed by atoms with Gasteiger partial charge in [-0.05, 0) is 97.1 Å². The average Bonchev–Trinajstić information content (AvgIpc) is 3.41. The molecule has 6 N–H and O–H groups in total. The van der Waals surface area contributed by atoms with Crippen LogP contribution in [0.25, 0.3) is 0 Å². The normalized spacial score (nSPS) is 31.9. The van der Waals surface area contributed by atoms with Crippen molar-refractivity contribution < 1.29 is 28.9 Å². The molecule has 5 heterocycles. The highest BCUT2D eigenvalue weighted by molar-refractivity contribution is 5.87. The van der Waals surface area contributed by atoms with Crippen molar-refractivity contribution in [3.8, 4) is 0 Å². The second-order valence-electron chi connectivity index (χ2n) is 15.7. The van der Waals surface area contributed by atoms with E-state index >= 15 is 0 Å². The van der Waals surface area contributed by atoms with Crippen molar-refractivity contribution in [2.45, 2.75) is 178 Å². The van der Waals surface area contributed by atoms with Crippen LogP contribution in [0.4, 0.5) is 0 Å². The number of ether oxygens (including phenoxy) is 3. The van der Waals surface area contributed by atoms with Crippen LogP contribution in [0.15, 0.2) is 17.1 Å². The van der Waals surface area contributed by atoms with E-state index in [2.05, 4.69) is 36.2 Å². The van der Waals surface area contributed by atoms with Gasteiger partial charge < -0.3 is 45.9 Å². The van der Waals surface area contributed by atoms with Gasteiger partial charge in [-0.25, -0.2) is 4.99 Å². The molecule has 290 valence electrons. The molecule has 51 heavy (non-hydrogen) atoms. The van der Waals surface area contributed by atoms with E-state index in [1.165, 1.54) is 0 Å². The number of allylic oxidation sites excluding steroid dienone is 1. The van der Waals surface area contributed by atoms with Crippen molar-refractivity contribution in [2.24, 2.45) is 22.4 Å². The van der Waals surface area contributed by atoms with Gasteiger partial charge in [0.15, 0.2) is 11.7 Å². The Kier molecular flexibility index (Phi) is 15.0. The molecule has 0 aromatic heterocycles. The van der Waals surface area contributed by atoms with Gasteiger partial charge in [0.2, 0.25) is 5.91 Å². The molecule has 5 aliphatic rings. The molecule has 5 aliphatic heterocycles. The minimum atomic E-state index is -0.911. The molecule has 0 aromatic carbocycles. The fourth-order valence-electron chi connectivity index (χ4n) is 9.10. The summed E-state index contributed by atoms with van der Waals surface area (Å²) >= 11 is 0. The maximum absolute atomic E-state index is 14.0. The first kappa shape index (κ1) is 39.9. The van der Waals surface area contributed by atoms with Crippen molar-refractivity contribution in [3.63, 3.8) is 0 Å². The maximum atomic E-state index is 14.0. The topological polar surface area (TPSA) is 165 Å². The first-order valence-electron chi connectivity index (χ1n) is 20.4. The molecular formula is C39H68N6O6. The number of aliphatic hydroxyl groups excluding tert-OH is 1. The predicted octanol–water partition coefficient (Wildman–Crippen LogP) is 4.48. The molecule has 1 amide bonds. The van der Waals surface area contributed by atoms with Crippen LogP contribution in [0.1, 0.15) is 136 Å². The number of nitrogens with two attached hydrogens (primary N) is 2. The van der Waals surface area contributed by atoms with Gasteiger partial charge in [-0.2, -0.15) is 0 Å². The Morgan fingerprint density at radius 3 is 2.61 bits per heavy atom. The number of nitrogens with zero attached hydrogens (tertiary/aromatic N) is 3. The van der Waals surface area contributed by atoms with Crippen LogP contribution in [0.3, 0.4) is 0 Å². The third-order valence-corrected chi connectivity index (χ3v) is 11.7. The highest BCUT2D eigenvalue weighted by atomic mass is 16.6. The molecule has 8 atom stereocenters. The van der Waals surface area contributed by atoms with Crippen molar-refractivity contribution in [3.05, 3.63) is 12.2 Å². The van der Waals surface area contributed by atoms with Crippen molar-refractivity contribution >= 4 is 17.8 Å². The molecule has 0 aromatic rings. The molecule has 5 rings (SSSR count). The third-order valence-electron chi connectivity index (χ3n) is 11.7. The second kappa shape index (κ2) is 19.2. The zero-order valence-corrected chi connectivity index (χ0v) is 31.6. The molecule has 12 nitrogen and oxygen atoms in total. The number of hydrogen-bond donors (Lipinski definition) is 4. The number of rotatable bonds is 19. The monoisotopic (exact) mass is 717 g/mol. The summed E-state index contributed by atoms with van der Waals surface area (Å²) in [5, 5.41) is 13.9. The number of aliphatic imine (C=N–C) groups is 1. The summed E-state index contributed by atoms with van der Waals surface area (Å²) in [5.74, 6) is 0.321. The van der Waals surface area contributed by atoms with Gasteiger partial charge in [-0.1, -0.05) is 51.2 Å². The second-order valence-corrected chi connectivity index (χ2v) is 15.7. The van der Waals surface area contributed by atoms with Crippen LogP contribution in [0.2, 0.25) is 0 Å². The van der Waals surface area contributed by atoms with Gasteiger partial charge in [-0.15, -0.1) is 0 Å². The molecule has 12 heteroatoms. The maximum Gasteiger partial charge on any atom is 0.316 e. The average molecular weight is 717 g/mol. The van der Waals surface area contributed by atoms with Gasteiger partial charge in [-0.3, -0.25) is 9.59 Å². The molecule has 0 unspecified atom stereocenters. The zero-order chi connectivity index (χ0) is 36.3. The van der Waals surface area contributed by atoms with Crippen LogP contribution >= 0.6 is 0 Å².